The second-order valence-electron chi connectivity index (χ2n) is 3.49. The number of ether oxygens (including phenoxy) is 1. The molecule has 0 atom stereocenters. The van der Waals surface area contributed by atoms with Crippen LogP contribution in [-0.2, 0) is 6.42 Å². The van der Waals surface area contributed by atoms with Crippen LogP contribution in [0.2, 0.25) is 0 Å². The van der Waals surface area contributed by atoms with Crippen LogP contribution in [-0.4, -0.2) is 0 Å². The highest BCUT2D eigenvalue weighted by Crippen LogP contribution is 2.08. The lowest BCUT2D eigenvalue weighted by Crippen LogP contribution is -1.83. The van der Waals surface area contributed by atoms with E-state index in [1.54, 1.807) is 6.26 Å². The van der Waals surface area contributed by atoms with Gasteiger partial charge in [0.1, 0.15) is 5.75 Å². The fourth-order valence-corrected chi connectivity index (χ4v) is 1.42. The number of hydrogen-bond acceptors (Lipinski definition) is 1. The average molecular weight is 210 g/mol. The monoisotopic (exact) mass is 210 g/mol. The molecule has 0 radical (unpaired) electrons. The molecule has 1 heteroatoms. The fourth-order valence-electron chi connectivity index (χ4n) is 1.42. The van der Waals surface area contributed by atoms with E-state index in [1.165, 1.54) is 5.56 Å². The van der Waals surface area contributed by atoms with Gasteiger partial charge in [0.15, 0.2) is 0 Å². The molecule has 0 unspecified atom stereocenters. The molecule has 80 valence electrons. The van der Waals surface area contributed by atoms with Crippen LogP contribution in [0.15, 0.2) is 73.0 Å². The summed E-state index contributed by atoms with van der Waals surface area (Å²) < 4.78 is 5.45. The van der Waals surface area contributed by atoms with E-state index in [0.717, 1.165) is 12.2 Å². The van der Waals surface area contributed by atoms with Crippen molar-refractivity contribution in [2.75, 3.05) is 0 Å². The van der Waals surface area contributed by atoms with Crippen molar-refractivity contribution in [2.24, 2.45) is 0 Å². The summed E-state index contributed by atoms with van der Waals surface area (Å²) in [6.07, 6.45) is 4.65. The number of para-hydroxylation sites is 1. The van der Waals surface area contributed by atoms with E-state index < -0.39 is 0 Å². The van der Waals surface area contributed by atoms with Crippen LogP contribution >= 0.6 is 0 Å². The summed E-state index contributed by atoms with van der Waals surface area (Å²) >= 11 is 0. The zero-order chi connectivity index (χ0) is 11.1. The van der Waals surface area contributed by atoms with E-state index in [1.807, 2.05) is 54.6 Å². The van der Waals surface area contributed by atoms with Crippen molar-refractivity contribution in [3.05, 3.63) is 78.6 Å². The van der Waals surface area contributed by atoms with Crippen LogP contribution < -0.4 is 4.74 Å². The van der Waals surface area contributed by atoms with Gasteiger partial charge in [-0.25, -0.2) is 0 Å². The first-order valence-corrected chi connectivity index (χ1v) is 5.36. The Morgan fingerprint density at radius 2 is 1.44 bits per heavy atom. The Balaban J connectivity index is 1.83. The molecule has 0 saturated heterocycles. The molecule has 2 rings (SSSR count). The molecular formula is C15H14O. The largest absolute Gasteiger partial charge is 0.465 e. The first-order valence-electron chi connectivity index (χ1n) is 5.36. The average Bonchev–Trinajstić information content (AvgIpc) is 2.37. The van der Waals surface area contributed by atoms with E-state index in [-0.39, 0.29) is 0 Å². The minimum absolute atomic E-state index is 0.867. The van der Waals surface area contributed by atoms with Gasteiger partial charge in [-0.15, -0.1) is 0 Å². The number of rotatable bonds is 4. The predicted octanol–water partition coefficient (Wildman–Crippen LogP) is 3.82. The summed E-state index contributed by atoms with van der Waals surface area (Å²) in [5.74, 6) is 0.867. The van der Waals surface area contributed by atoms with Gasteiger partial charge in [-0.3, -0.25) is 0 Å². The Kier molecular flexibility index (Phi) is 3.78. The lowest BCUT2D eigenvalue weighted by atomic mass is 10.2. The van der Waals surface area contributed by atoms with Crippen LogP contribution in [0.4, 0.5) is 0 Å². The normalized spacial score (nSPS) is 10.5. The SMILES string of the molecule is C(=COc1ccccc1)Cc1ccccc1. The molecule has 0 heterocycles. The Morgan fingerprint density at radius 1 is 0.812 bits per heavy atom. The highest BCUT2D eigenvalue weighted by molar-refractivity contribution is 5.22. The molecular weight excluding hydrogens is 196 g/mol. The number of hydrogen-bond donors (Lipinski definition) is 0. The Labute approximate surface area is 96.0 Å². The van der Waals surface area contributed by atoms with Crippen molar-refractivity contribution in [3.8, 4) is 5.75 Å². The molecule has 0 saturated carbocycles. The summed E-state index contributed by atoms with van der Waals surface area (Å²) in [6, 6.07) is 20.1. The third-order valence-corrected chi connectivity index (χ3v) is 2.24. The fraction of sp³-hybridized carbons (Fsp3) is 0.0667. The smallest absolute Gasteiger partial charge is 0.126 e. The molecule has 0 N–H and O–H groups in total. The molecule has 0 aromatic heterocycles. The maximum atomic E-state index is 5.45. The summed E-state index contributed by atoms with van der Waals surface area (Å²) in [4.78, 5) is 0. The van der Waals surface area contributed by atoms with Crippen molar-refractivity contribution in [3.63, 3.8) is 0 Å². The van der Waals surface area contributed by atoms with Gasteiger partial charge in [0.25, 0.3) is 0 Å². The van der Waals surface area contributed by atoms with E-state index in [9.17, 15) is 0 Å². The van der Waals surface area contributed by atoms with Crippen LogP contribution in [0.25, 0.3) is 0 Å². The summed E-state index contributed by atoms with van der Waals surface area (Å²) in [6.45, 7) is 0. The summed E-state index contributed by atoms with van der Waals surface area (Å²) in [5.41, 5.74) is 1.29. The zero-order valence-electron chi connectivity index (χ0n) is 9.04. The van der Waals surface area contributed by atoms with Gasteiger partial charge in [0, 0.05) is 0 Å². The van der Waals surface area contributed by atoms with Gasteiger partial charge in [-0.2, -0.15) is 0 Å². The summed E-state index contributed by atoms with van der Waals surface area (Å²) in [5, 5.41) is 0. The van der Waals surface area contributed by atoms with Gasteiger partial charge < -0.3 is 4.74 Å². The maximum Gasteiger partial charge on any atom is 0.126 e. The molecule has 0 bridgehead atoms. The van der Waals surface area contributed by atoms with Gasteiger partial charge >= 0.3 is 0 Å². The molecule has 2 aromatic carbocycles. The quantitative estimate of drug-likeness (QED) is 0.697. The van der Waals surface area contributed by atoms with E-state index in [0.29, 0.717) is 0 Å². The second-order valence-corrected chi connectivity index (χ2v) is 3.49. The highest BCUT2D eigenvalue weighted by Gasteiger charge is 1.87. The van der Waals surface area contributed by atoms with Crippen LogP contribution in [0.3, 0.4) is 0 Å². The molecule has 2 aromatic rings. The Morgan fingerprint density at radius 3 is 2.12 bits per heavy atom. The lowest BCUT2D eigenvalue weighted by molar-refractivity contribution is 0.479. The molecule has 16 heavy (non-hydrogen) atoms. The molecule has 1 nitrogen and oxygen atoms in total. The molecule has 0 aliphatic rings. The molecule has 0 spiro atoms. The molecule has 0 aliphatic heterocycles. The first-order chi connectivity index (χ1) is 7.95. The van der Waals surface area contributed by atoms with Gasteiger partial charge in [-0.05, 0) is 30.2 Å². The lowest BCUT2D eigenvalue weighted by Gasteiger charge is -1.98. The highest BCUT2D eigenvalue weighted by atomic mass is 16.5. The van der Waals surface area contributed by atoms with E-state index >= 15 is 0 Å². The van der Waals surface area contributed by atoms with Crippen molar-refractivity contribution in [2.45, 2.75) is 6.42 Å². The topological polar surface area (TPSA) is 9.23 Å². The number of benzene rings is 2. The summed E-state index contributed by atoms with van der Waals surface area (Å²) in [7, 11) is 0. The van der Waals surface area contributed by atoms with E-state index in [2.05, 4.69) is 12.1 Å². The van der Waals surface area contributed by atoms with Crippen molar-refractivity contribution < 1.29 is 4.74 Å². The number of allylic oxidation sites excluding steroid dienone is 1. The third kappa shape index (κ3) is 3.28. The van der Waals surface area contributed by atoms with Crippen molar-refractivity contribution in [1.29, 1.82) is 0 Å². The minimum Gasteiger partial charge on any atom is -0.465 e. The molecule has 0 fully saturated rings. The van der Waals surface area contributed by atoms with Gasteiger partial charge in [0.05, 0.1) is 6.26 Å². The van der Waals surface area contributed by atoms with E-state index in [4.69, 9.17) is 4.74 Å². The van der Waals surface area contributed by atoms with Crippen molar-refractivity contribution >= 4 is 0 Å². The van der Waals surface area contributed by atoms with Crippen LogP contribution in [0.1, 0.15) is 5.56 Å². The van der Waals surface area contributed by atoms with Crippen LogP contribution in [0.5, 0.6) is 5.75 Å². The minimum atomic E-state index is 0.867. The maximum absolute atomic E-state index is 5.45. The Hall–Kier alpha value is -2.02. The molecule has 0 amide bonds. The van der Waals surface area contributed by atoms with Gasteiger partial charge in [-0.1, -0.05) is 48.5 Å². The predicted molar refractivity (Wildman–Crippen MR) is 66.4 cm³/mol. The van der Waals surface area contributed by atoms with Crippen LogP contribution in [0, 0.1) is 0 Å². The second kappa shape index (κ2) is 5.76. The third-order valence-electron chi connectivity index (χ3n) is 2.24. The Bertz CT molecular complexity index is 388. The first kappa shape index (κ1) is 10.5. The van der Waals surface area contributed by atoms with Gasteiger partial charge in [0.2, 0.25) is 0 Å². The van der Waals surface area contributed by atoms with Crippen molar-refractivity contribution in [1.82, 2.24) is 0 Å². The standard InChI is InChI=1S/C15H14O/c1-3-8-14(9-4-1)10-7-13-16-15-11-5-2-6-12-15/h1-9,11-13H,10H2. The zero-order valence-corrected chi connectivity index (χ0v) is 9.04. The molecule has 0 aliphatic carbocycles.